The molecule has 3 saturated carbocycles. The number of carbonyl (C=O) groups excluding carboxylic acids is 2. The van der Waals surface area contributed by atoms with Crippen molar-refractivity contribution in [2.75, 3.05) is 0 Å². The number of ketones is 2. The molecule has 0 aliphatic heterocycles. The zero-order valence-corrected chi connectivity index (χ0v) is 16.1. The third kappa shape index (κ3) is 2.30. The molecule has 0 amide bonds. The number of allylic oxidation sites excluding steroid dienone is 1. The highest BCUT2D eigenvalue weighted by Crippen LogP contribution is 2.67. The molecule has 7 atom stereocenters. The fraction of sp³-hybridized carbons (Fsp3) is 0.773. The molecule has 4 rings (SSSR count). The van der Waals surface area contributed by atoms with E-state index >= 15 is 0 Å². The van der Waals surface area contributed by atoms with Gasteiger partial charge in [-0.15, -0.1) is 0 Å². The molecule has 0 aromatic carbocycles. The Balaban J connectivity index is 1.68. The Morgan fingerprint density at radius 3 is 2.54 bits per heavy atom. The molecule has 4 nitrogen and oxygen atoms in total. The number of hydrogen-bond donors (Lipinski definition) is 1. The van der Waals surface area contributed by atoms with E-state index in [0.29, 0.717) is 30.1 Å². The third-order valence-electron chi connectivity index (χ3n) is 8.81. The second kappa shape index (κ2) is 5.77. The fourth-order valence-corrected chi connectivity index (χ4v) is 7.56. The third-order valence-corrected chi connectivity index (χ3v) is 8.81. The van der Waals surface area contributed by atoms with Crippen molar-refractivity contribution in [3.8, 4) is 0 Å². The summed E-state index contributed by atoms with van der Waals surface area (Å²) in [6, 6.07) is 0. The van der Waals surface area contributed by atoms with Crippen molar-refractivity contribution in [3.63, 3.8) is 0 Å². The minimum absolute atomic E-state index is 0.104. The molecule has 3 fully saturated rings. The molecule has 1 unspecified atom stereocenters. The van der Waals surface area contributed by atoms with E-state index in [1.165, 1.54) is 5.57 Å². The van der Waals surface area contributed by atoms with Gasteiger partial charge in [-0.25, -0.2) is 4.79 Å². The molecule has 0 heterocycles. The van der Waals surface area contributed by atoms with E-state index in [9.17, 15) is 19.5 Å². The van der Waals surface area contributed by atoms with Gasteiger partial charge in [-0.05, 0) is 79.1 Å². The van der Waals surface area contributed by atoms with Crippen LogP contribution in [0.5, 0.6) is 0 Å². The number of aliphatic carboxylic acids is 1. The summed E-state index contributed by atoms with van der Waals surface area (Å²) in [5.41, 5.74) is 1.29. The maximum absolute atomic E-state index is 12.3. The number of carboxylic acid groups (broad SMARTS) is 1. The van der Waals surface area contributed by atoms with Gasteiger partial charge in [-0.2, -0.15) is 0 Å². The SMILES string of the molecule is CC1C[C@H]2[C@@H]3CC[C@H](C(=O)C(=O)O)[C@@]3(C)CC[C@@H]2[C@@]2(C)CCC(=O)C=C12. The topological polar surface area (TPSA) is 71.4 Å². The monoisotopic (exact) mass is 358 g/mol. The lowest BCUT2D eigenvalue weighted by atomic mass is 9.45. The van der Waals surface area contributed by atoms with Crippen LogP contribution in [0.3, 0.4) is 0 Å². The normalized spacial score (nSPS) is 47.4. The Labute approximate surface area is 155 Å². The van der Waals surface area contributed by atoms with Gasteiger partial charge in [0.15, 0.2) is 5.78 Å². The van der Waals surface area contributed by atoms with Crippen LogP contribution in [0.15, 0.2) is 11.6 Å². The average molecular weight is 358 g/mol. The average Bonchev–Trinajstić information content (AvgIpc) is 2.93. The number of carbonyl (C=O) groups is 3. The Morgan fingerprint density at radius 1 is 1.12 bits per heavy atom. The highest BCUT2D eigenvalue weighted by molar-refractivity contribution is 6.33. The van der Waals surface area contributed by atoms with Gasteiger partial charge in [-0.1, -0.05) is 26.3 Å². The fourth-order valence-electron chi connectivity index (χ4n) is 7.56. The molecule has 4 aliphatic carbocycles. The molecule has 4 aliphatic rings. The predicted octanol–water partition coefficient (Wildman–Crippen LogP) is 4.03. The van der Waals surface area contributed by atoms with Crippen molar-refractivity contribution >= 4 is 17.5 Å². The van der Waals surface area contributed by atoms with Crippen LogP contribution in [-0.4, -0.2) is 22.6 Å². The number of rotatable bonds is 2. The van der Waals surface area contributed by atoms with E-state index in [1.807, 2.05) is 6.08 Å². The van der Waals surface area contributed by atoms with Crippen molar-refractivity contribution < 1.29 is 19.5 Å². The van der Waals surface area contributed by atoms with Crippen LogP contribution in [0, 0.1) is 40.4 Å². The first-order valence-electron chi connectivity index (χ1n) is 10.2. The number of Topliss-reactive ketones (excluding diaryl/α,β-unsaturated/α-hetero) is 1. The summed E-state index contributed by atoms with van der Waals surface area (Å²) < 4.78 is 0. The summed E-state index contributed by atoms with van der Waals surface area (Å²) in [6.07, 6.45) is 8.30. The van der Waals surface area contributed by atoms with Gasteiger partial charge in [-0.3, -0.25) is 9.59 Å². The quantitative estimate of drug-likeness (QED) is 0.756. The lowest BCUT2D eigenvalue weighted by Crippen LogP contribution is -2.53. The summed E-state index contributed by atoms with van der Waals surface area (Å²) in [5, 5.41) is 9.25. The van der Waals surface area contributed by atoms with E-state index in [-0.39, 0.29) is 22.5 Å². The minimum Gasteiger partial charge on any atom is -0.475 e. The summed E-state index contributed by atoms with van der Waals surface area (Å²) in [6.45, 7) is 6.78. The molecule has 0 bridgehead atoms. The Kier molecular flexibility index (Phi) is 3.98. The van der Waals surface area contributed by atoms with Crippen molar-refractivity contribution in [1.29, 1.82) is 0 Å². The van der Waals surface area contributed by atoms with Crippen LogP contribution in [0.1, 0.15) is 65.7 Å². The highest BCUT2D eigenvalue weighted by atomic mass is 16.4. The second-order valence-electron chi connectivity index (χ2n) is 9.84. The van der Waals surface area contributed by atoms with E-state index in [1.54, 1.807) is 0 Å². The number of hydrogen-bond acceptors (Lipinski definition) is 3. The zero-order chi connectivity index (χ0) is 18.9. The van der Waals surface area contributed by atoms with Gasteiger partial charge in [0.2, 0.25) is 5.78 Å². The molecule has 0 saturated heterocycles. The highest BCUT2D eigenvalue weighted by Gasteiger charge is 2.61. The van der Waals surface area contributed by atoms with E-state index in [2.05, 4.69) is 20.8 Å². The summed E-state index contributed by atoms with van der Waals surface area (Å²) in [7, 11) is 0. The van der Waals surface area contributed by atoms with Crippen LogP contribution in [0.4, 0.5) is 0 Å². The zero-order valence-electron chi connectivity index (χ0n) is 16.1. The first kappa shape index (κ1) is 17.9. The Hall–Kier alpha value is -1.45. The minimum atomic E-state index is -1.26. The van der Waals surface area contributed by atoms with Crippen molar-refractivity contribution in [2.45, 2.75) is 65.7 Å². The van der Waals surface area contributed by atoms with Gasteiger partial charge in [0.25, 0.3) is 0 Å². The van der Waals surface area contributed by atoms with Crippen LogP contribution in [-0.2, 0) is 14.4 Å². The van der Waals surface area contributed by atoms with Gasteiger partial charge in [0, 0.05) is 12.3 Å². The number of carboxylic acids is 1. The lowest BCUT2D eigenvalue weighted by Gasteiger charge is -2.59. The molecule has 0 radical (unpaired) electrons. The van der Waals surface area contributed by atoms with Crippen LogP contribution >= 0.6 is 0 Å². The van der Waals surface area contributed by atoms with Gasteiger partial charge in [0.1, 0.15) is 0 Å². The van der Waals surface area contributed by atoms with Crippen molar-refractivity contribution in [1.82, 2.24) is 0 Å². The summed E-state index contributed by atoms with van der Waals surface area (Å²) in [4.78, 5) is 35.6. The van der Waals surface area contributed by atoms with Crippen molar-refractivity contribution in [2.24, 2.45) is 40.4 Å². The molecule has 1 N–H and O–H groups in total. The summed E-state index contributed by atoms with van der Waals surface area (Å²) in [5.74, 6) is 0.0669. The van der Waals surface area contributed by atoms with Crippen molar-refractivity contribution in [3.05, 3.63) is 11.6 Å². The van der Waals surface area contributed by atoms with Crippen LogP contribution < -0.4 is 0 Å². The molecule has 0 spiro atoms. The predicted molar refractivity (Wildman–Crippen MR) is 97.4 cm³/mol. The van der Waals surface area contributed by atoms with Gasteiger partial charge < -0.3 is 5.11 Å². The maximum atomic E-state index is 12.3. The molecule has 142 valence electrons. The molecular formula is C22H30O4. The van der Waals surface area contributed by atoms with Gasteiger partial charge in [0.05, 0.1) is 0 Å². The first-order chi connectivity index (χ1) is 12.2. The Morgan fingerprint density at radius 2 is 1.85 bits per heavy atom. The molecule has 26 heavy (non-hydrogen) atoms. The van der Waals surface area contributed by atoms with E-state index in [4.69, 9.17) is 0 Å². The molecule has 4 heteroatoms. The Bertz CT molecular complexity index is 707. The second-order valence-corrected chi connectivity index (χ2v) is 9.84. The van der Waals surface area contributed by atoms with Gasteiger partial charge >= 0.3 is 5.97 Å². The largest absolute Gasteiger partial charge is 0.475 e. The molecular weight excluding hydrogens is 328 g/mol. The molecule has 0 aromatic rings. The number of fused-ring (bicyclic) bond motifs is 5. The van der Waals surface area contributed by atoms with Crippen LogP contribution in [0.25, 0.3) is 0 Å². The van der Waals surface area contributed by atoms with Crippen LogP contribution in [0.2, 0.25) is 0 Å². The van der Waals surface area contributed by atoms with E-state index < -0.39 is 11.8 Å². The standard InChI is InChI=1S/C22H30O4/c1-12-10-14-15-4-5-17(19(24)20(25)26)21(15,2)9-7-16(14)22(3)8-6-13(23)11-18(12)22/h11-12,14-17H,4-10H2,1-3H3,(H,25,26)/t12?,14-,15-,16-,17+,21-,22+/m0/s1. The lowest BCUT2D eigenvalue weighted by molar-refractivity contribution is -0.154. The summed E-state index contributed by atoms with van der Waals surface area (Å²) >= 11 is 0. The molecule has 0 aromatic heterocycles. The first-order valence-corrected chi connectivity index (χ1v) is 10.2. The van der Waals surface area contributed by atoms with E-state index in [0.717, 1.165) is 38.5 Å². The smallest absolute Gasteiger partial charge is 0.372 e. The maximum Gasteiger partial charge on any atom is 0.372 e.